The van der Waals surface area contributed by atoms with Crippen molar-refractivity contribution >= 4 is 30.3 Å². The van der Waals surface area contributed by atoms with Crippen LogP contribution in [0.3, 0.4) is 0 Å². The van der Waals surface area contributed by atoms with Crippen molar-refractivity contribution in [2.24, 2.45) is 17.4 Å². The molecule has 180 valence electrons. The molecular formula is C23H30ClN3O6. The van der Waals surface area contributed by atoms with E-state index in [1.165, 1.54) is 0 Å². The third-order valence-electron chi connectivity index (χ3n) is 8.12. The normalized spacial score (nSPS) is 33.2. The first-order valence-electron chi connectivity index (χ1n) is 11.1. The van der Waals surface area contributed by atoms with E-state index in [9.17, 15) is 14.4 Å². The Bertz CT molecular complexity index is 1030. The number of carbonyl (C=O) groups is 3. The van der Waals surface area contributed by atoms with Crippen LogP contribution in [0.2, 0.25) is 0 Å². The van der Waals surface area contributed by atoms with Crippen molar-refractivity contribution in [1.82, 2.24) is 4.90 Å². The molecule has 6 atom stereocenters. The second kappa shape index (κ2) is 7.85. The molecule has 10 heteroatoms. The van der Waals surface area contributed by atoms with Crippen LogP contribution in [0.5, 0.6) is 11.5 Å². The summed E-state index contributed by atoms with van der Waals surface area (Å²) < 4.78 is 18.0. The Labute approximate surface area is 198 Å². The van der Waals surface area contributed by atoms with Crippen LogP contribution in [0.15, 0.2) is 12.1 Å². The molecule has 1 aromatic carbocycles. The second-order valence-electron chi connectivity index (χ2n) is 9.69. The third kappa shape index (κ3) is 3.02. The minimum Gasteiger partial charge on any atom is -0.477 e. The molecule has 4 N–H and O–H groups in total. The van der Waals surface area contributed by atoms with Crippen LogP contribution in [0, 0.1) is 5.92 Å². The highest BCUT2D eigenvalue weighted by molar-refractivity contribution is 5.90. The number of primary amides is 1. The quantitative estimate of drug-likeness (QED) is 0.489. The molecule has 2 bridgehead atoms. The van der Waals surface area contributed by atoms with Gasteiger partial charge in [-0.2, -0.15) is 0 Å². The van der Waals surface area contributed by atoms with Gasteiger partial charge in [0.05, 0.1) is 17.4 Å². The van der Waals surface area contributed by atoms with Gasteiger partial charge in [-0.15, -0.1) is 12.4 Å². The summed E-state index contributed by atoms with van der Waals surface area (Å²) in [6.45, 7) is 4.17. The van der Waals surface area contributed by atoms with Gasteiger partial charge in [0, 0.05) is 18.0 Å². The van der Waals surface area contributed by atoms with Gasteiger partial charge < -0.3 is 25.7 Å². The fourth-order valence-corrected chi connectivity index (χ4v) is 6.38. The van der Waals surface area contributed by atoms with Crippen LogP contribution >= 0.6 is 12.4 Å². The van der Waals surface area contributed by atoms with Crippen molar-refractivity contribution in [3.63, 3.8) is 0 Å². The number of nitrogens with zero attached hydrogens (tertiary/aromatic N) is 1. The highest BCUT2D eigenvalue weighted by Gasteiger charge is 2.75. The lowest BCUT2D eigenvalue weighted by Gasteiger charge is -2.62. The summed E-state index contributed by atoms with van der Waals surface area (Å²) >= 11 is 0. The summed E-state index contributed by atoms with van der Waals surface area (Å²) in [6.07, 6.45) is 0.118. The molecule has 2 heterocycles. The smallest absolute Gasteiger partial charge is 0.405 e. The highest BCUT2D eigenvalue weighted by atomic mass is 35.5. The van der Waals surface area contributed by atoms with E-state index in [2.05, 4.69) is 4.90 Å². The molecule has 2 aliphatic carbocycles. The zero-order chi connectivity index (χ0) is 23.0. The lowest BCUT2D eigenvalue weighted by Crippen LogP contribution is -2.77. The van der Waals surface area contributed by atoms with Gasteiger partial charge in [0.2, 0.25) is 0 Å². The number of ether oxygens (including phenoxy) is 3. The number of rotatable bonds is 4. The van der Waals surface area contributed by atoms with Gasteiger partial charge in [0.25, 0.3) is 0 Å². The number of esters is 1. The van der Waals surface area contributed by atoms with Crippen molar-refractivity contribution in [2.45, 2.75) is 68.7 Å². The molecule has 9 nitrogen and oxygen atoms in total. The Morgan fingerprint density at radius 3 is 2.67 bits per heavy atom. The molecule has 1 amide bonds. The van der Waals surface area contributed by atoms with Crippen molar-refractivity contribution in [3.8, 4) is 11.5 Å². The average molecular weight is 480 g/mol. The summed E-state index contributed by atoms with van der Waals surface area (Å²) in [7, 11) is 2.00. The van der Waals surface area contributed by atoms with Crippen LogP contribution in [0.25, 0.3) is 0 Å². The molecule has 2 aliphatic heterocycles. The van der Waals surface area contributed by atoms with Crippen LogP contribution in [0.1, 0.15) is 44.2 Å². The molecule has 1 saturated heterocycles. The second-order valence-corrected chi connectivity index (χ2v) is 9.69. The maximum atomic E-state index is 13.1. The number of hydrogen-bond donors (Lipinski definition) is 2. The summed E-state index contributed by atoms with van der Waals surface area (Å²) in [5, 5.41) is 0. The number of piperidine rings is 1. The Hall–Kier alpha value is -2.36. The molecule has 1 spiro atoms. The Kier molecular flexibility index (Phi) is 5.66. The Morgan fingerprint density at radius 1 is 1.27 bits per heavy atom. The zero-order valence-corrected chi connectivity index (χ0v) is 19.8. The van der Waals surface area contributed by atoms with E-state index < -0.39 is 35.1 Å². The van der Waals surface area contributed by atoms with Crippen molar-refractivity contribution in [3.05, 3.63) is 23.3 Å². The average Bonchev–Trinajstić information content (AvgIpc) is 3.09. The van der Waals surface area contributed by atoms with Gasteiger partial charge in [-0.3, -0.25) is 14.5 Å². The van der Waals surface area contributed by atoms with Crippen LogP contribution in [-0.2, 0) is 26.2 Å². The van der Waals surface area contributed by atoms with E-state index in [0.29, 0.717) is 31.6 Å². The molecule has 5 rings (SSSR count). The predicted molar refractivity (Wildman–Crippen MR) is 121 cm³/mol. The fraction of sp³-hybridized carbons (Fsp3) is 0.609. The van der Waals surface area contributed by atoms with Gasteiger partial charge in [0.15, 0.2) is 23.4 Å². The van der Waals surface area contributed by atoms with Crippen LogP contribution in [0.4, 0.5) is 4.79 Å². The highest BCUT2D eigenvalue weighted by Crippen LogP contribution is 2.66. The van der Waals surface area contributed by atoms with Crippen LogP contribution < -0.4 is 20.9 Å². The number of halogens is 1. The molecule has 4 aliphatic rings. The molecule has 2 fully saturated rings. The summed E-state index contributed by atoms with van der Waals surface area (Å²) in [4.78, 5) is 40.0. The van der Waals surface area contributed by atoms with Crippen molar-refractivity contribution in [1.29, 1.82) is 0 Å². The predicted octanol–water partition coefficient (Wildman–Crippen LogP) is 1.45. The first-order chi connectivity index (χ1) is 15.1. The van der Waals surface area contributed by atoms with E-state index >= 15 is 0 Å². The summed E-state index contributed by atoms with van der Waals surface area (Å²) in [5.74, 6) is -0.346. The number of amides is 1. The monoisotopic (exact) mass is 479 g/mol. The molecular weight excluding hydrogens is 450 g/mol. The van der Waals surface area contributed by atoms with Gasteiger partial charge >= 0.3 is 12.1 Å². The minimum atomic E-state index is -0.982. The SMILES string of the molecule is CC(C(=O)Oc1ccc2c3c1O[C@H]1C(=O)CC[C@@]4(OC(N)=O)[C@@H](C2)N(C)CC[C@]314)[C@@H](C)N.Cl. The molecule has 1 saturated carbocycles. The van der Waals surface area contributed by atoms with E-state index in [-0.39, 0.29) is 42.4 Å². The lowest BCUT2D eigenvalue weighted by molar-refractivity contribution is -0.184. The summed E-state index contributed by atoms with van der Waals surface area (Å²) in [5.41, 5.74) is 11.4. The number of ketones is 1. The largest absolute Gasteiger partial charge is 0.477 e. The van der Waals surface area contributed by atoms with E-state index in [1.54, 1.807) is 19.9 Å². The van der Waals surface area contributed by atoms with Gasteiger partial charge in [0.1, 0.15) is 5.60 Å². The molecule has 0 aromatic heterocycles. The number of likely N-dealkylation sites (N-methyl/N-ethyl adjacent to an activating group) is 1. The number of likely N-dealkylation sites (tertiary alicyclic amines) is 1. The number of Topliss-reactive ketones (excluding diaryl/α,β-unsaturated/α-hetero) is 1. The van der Waals surface area contributed by atoms with E-state index in [1.807, 2.05) is 13.1 Å². The maximum absolute atomic E-state index is 13.1. The molecule has 0 radical (unpaired) electrons. The van der Waals surface area contributed by atoms with E-state index in [4.69, 9.17) is 25.7 Å². The Balaban J connectivity index is 0.00000259. The minimum absolute atomic E-state index is 0. The fourth-order valence-electron chi connectivity index (χ4n) is 6.38. The Morgan fingerprint density at radius 2 is 2.00 bits per heavy atom. The summed E-state index contributed by atoms with van der Waals surface area (Å²) in [6, 6.07) is 3.14. The number of carbonyl (C=O) groups excluding carboxylic acids is 3. The lowest BCUT2D eigenvalue weighted by atomic mass is 9.49. The number of benzene rings is 1. The zero-order valence-electron chi connectivity index (χ0n) is 19.0. The maximum Gasteiger partial charge on any atom is 0.405 e. The van der Waals surface area contributed by atoms with Gasteiger partial charge in [-0.05, 0) is 51.4 Å². The number of hydrogen-bond acceptors (Lipinski definition) is 8. The van der Waals surface area contributed by atoms with Crippen molar-refractivity contribution < 1.29 is 28.6 Å². The van der Waals surface area contributed by atoms with Crippen LogP contribution in [-0.4, -0.2) is 60.1 Å². The third-order valence-corrected chi connectivity index (χ3v) is 8.12. The van der Waals surface area contributed by atoms with E-state index in [0.717, 1.165) is 11.1 Å². The number of nitrogens with two attached hydrogens (primary N) is 2. The topological polar surface area (TPSA) is 134 Å². The molecule has 33 heavy (non-hydrogen) atoms. The van der Waals surface area contributed by atoms with Gasteiger partial charge in [-0.1, -0.05) is 13.0 Å². The standard InChI is InChI=1S/C23H29N3O6.ClH/c1-11(12(2)24)20(28)30-15-5-4-13-10-16-23(32-21(25)29)7-6-14(27)19-22(23,8-9-26(16)3)17(13)18(15)31-19;/h4-5,11-12,16,19H,6-10,24H2,1-3H3,(H2,25,29);1H/t11?,12-,16-,19+,22+,23-;/m1./s1. The molecule has 1 unspecified atom stereocenters. The van der Waals surface area contributed by atoms with Gasteiger partial charge in [-0.25, -0.2) is 4.79 Å². The van der Waals surface area contributed by atoms with Crippen molar-refractivity contribution in [2.75, 3.05) is 13.6 Å². The first-order valence-corrected chi connectivity index (χ1v) is 11.1. The first kappa shape index (κ1) is 23.8. The molecule has 1 aromatic rings.